The molecule has 1 atom stereocenters. The van der Waals surface area contributed by atoms with Crippen molar-refractivity contribution in [1.82, 2.24) is 9.88 Å². The first-order chi connectivity index (χ1) is 17.8. The molecule has 0 saturated heterocycles. The zero-order valence-electron chi connectivity index (χ0n) is 22.4. The lowest BCUT2D eigenvalue weighted by Crippen LogP contribution is -2.46. The number of carbonyl (C=O) groups is 1. The summed E-state index contributed by atoms with van der Waals surface area (Å²) in [6.45, 7) is 7.31. The van der Waals surface area contributed by atoms with Crippen LogP contribution in [-0.2, 0) is 12.0 Å². The van der Waals surface area contributed by atoms with E-state index in [1.54, 1.807) is 0 Å². The number of nitrogens with zero attached hydrogens (tertiary/aromatic N) is 2. The molecule has 2 amide bonds. The van der Waals surface area contributed by atoms with E-state index in [1.165, 1.54) is 6.42 Å². The molecule has 4 rings (SSSR count). The van der Waals surface area contributed by atoms with Gasteiger partial charge in [0.05, 0.1) is 5.69 Å². The fraction of sp³-hybridized carbons (Fsp3) is 0.419. The van der Waals surface area contributed by atoms with Crippen LogP contribution in [0.1, 0.15) is 87.2 Å². The van der Waals surface area contributed by atoms with Gasteiger partial charge < -0.3 is 21.7 Å². The number of hydrogen-bond acceptors (Lipinski definition) is 4. The summed E-state index contributed by atoms with van der Waals surface area (Å²) in [7, 11) is 0. The van der Waals surface area contributed by atoms with Gasteiger partial charge in [-0.25, -0.2) is 4.79 Å². The lowest BCUT2D eigenvalue weighted by molar-refractivity contribution is 0.167. The first kappa shape index (κ1) is 26.7. The summed E-state index contributed by atoms with van der Waals surface area (Å²) in [4.78, 5) is 20.8. The summed E-state index contributed by atoms with van der Waals surface area (Å²) < 4.78 is 0. The van der Waals surface area contributed by atoms with Gasteiger partial charge in [0, 0.05) is 42.1 Å². The molecule has 1 aliphatic carbocycles. The Labute approximate surface area is 221 Å². The van der Waals surface area contributed by atoms with E-state index in [1.807, 2.05) is 60.5 Å². The highest BCUT2D eigenvalue weighted by Crippen LogP contribution is 2.40. The number of benzene rings is 2. The highest BCUT2D eigenvalue weighted by atomic mass is 16.2. The minimum Gasteiger partial charge on any atom is -0.399 e. The molecule has 6 heteroatoms. The van der Waals surface area contributed by atoms with Crippen molar-refractivity contribution in [2.45, 2.75) is 76.8 Å². The molecule has 0 radical (unpaired) electrons. The first-order valence-electron chi connectivity index (χ1n) is 13.5. The molecule has 6 nitrogen and oxygen atoms in total. The van der Waals surface area contributed by atoms with Crippen LogP contribution in [0.25, 0.3) is 0 Å². The normalized spacial score (nSPS) is 15.8. The number of aromatic nitrogens is 1. The van der Waals surface area contributed by atoms with E-state index in [2.05, 4.69) is 37.4 Å². The second-order valence-electron chi connectivity index (χ2n) is 10.8. The van der Waals surface area contributed by atoms with Crippen molar-refractivity contribution < 1.29 is 4.79 Å². The minimum atomic E-state index is -0.197. The Morgan fingerprint density at radius 3 is 2.30 bits per heavy atom. The molecule has 1 saturated carbocycles. The number of amides is 2. The molecule has 0 bridgehead atoms. The van der Waals surface area contributed by atoms with Gasteiger partial charge in [0.25, 0.3) is 0 Å². The van der Waals surface area contributed by atoms with Crippen molar-refractivity contribution in [2.24, 2.45) is 5.73 Å². The third-order valence-electron chi connectivity index (χ3n) is 7.63. The molecular formula is C31H41N5O. The quantitative estimate of drug-likeness (QED) is 0.299. The van der Waals surface area contributed by atoms with E-state index in [0.717, 1.165) is 53.8 Å². The van der Waals surface area contributed by atoms with Crippen LogP contribution in [0.5, 0.6) is 0 Å². The zero-order chi connectivity index (χ0) is 26.4. The van der Waals surface area contributed by atoms with Crippen molar-refractivity contribution in [3.8, 4) is 0 Å². The molecule has 196 valence electrons. The lowest BCUT2D eigenvalue weighted by Gasteiger charge is -2.41. The maximum Gasteiger partial charge on any atom is 0.322 e. The van der Waals surface area contributed by atoms with Gasteiger partial charge in [0.1, 0.15) is 0 Å². The summed E-state index contributed by atoms with van der Waals surface area (Å²) in [5.74, 6) is 0.248. The second kappa shape index (κ2) is 11.8. The third kappa shape index (κ3) is 6.31. The van der Waals surface area contributed by atoms with Crippen LogP contribution < -0.4 is 16.8 Å². The number of para-hydroxylation sites is 1. The Bertz CT molecular complexity index is 1140. The number of carbonyl (C=O) groups excluding carboxylic acids is 1. The van der Waals surface area contributed by atoms with Crippen LogP contribution >= 0.6 is 0 Å². The van der Waals surface area contributed by atoms with Crippen LogP contribution in [0.3, 0.4) is 0 Å². The van der Waals surface area contributed by atoms with Gasteiger partial charge in [-0.05, 0) is 66.6 Å². The molecular weight excluding hydrogens is 458 g/mol. The summed E-state index contributed by atoms with van der Waals surface area (Å²) in [6, 6.07) is 19.7. The van der Waals surface area contributed by atoms with Crippen molar-refractivity contribution in [3.63, 3.8) is 0 Å². The van der Waals surface area contributed by atoms with E-state index < -0.39 is 0 Å². The molecule has 0 spiro atoms. The third-order valence-corrected chi connectivity index (χ3v) is 7.63. The Hall–Kier alpha value is -3.38. The number of rotatable bonds is 8. The van der Waals surface area contributed by atoms with E-state index in [4.69, 9.17) is 16.5 Å². The average Bonchev–Trinajstić information content (AvgIpc) is 2.90. The number of pyridine rings is 1. The van der Waals surface area contributed by atoms with Crippen molar-refractivity contribution in [3.05, 3.63) is 89.2 Å². The topological polar surface area (TPSA) is 97.3 Å². The predicted octanol–water partition coefficient (Wildman–Crippen LogP) is 6.74. The fourth-order valence-corrected chi connectivity index (χ4v) is 5.59. The van der Waals surface area contributed by atoms with Crippen LogP contribution in [0, 0.1) is 0 Å². The molecule has 1 aliphatic rings. The minimum absolute atomic E-state index is 0.118. The first-order valence-corrected chi connectivity index (χ1v) is 13.5. The molecule has 5 N–H and O–H groups in total. The molecule has 37 heavy (non-hydrogen) atoms. The molecule has 1 unspecified atom stereocenters. The van der Waals surface area contributed by atoms with Crippen LogP contribution in [0.15, 0.2) is 66.9 Å². The van der Waals surface area contributed by atoms with E-state index >= 15 is 0 Å². The summed E-state index contributed by atoms with van der Waals surface area (Å²) >= 11 is 0. The SMILES string of the molecule is CC(C)c1cccc(C(C)N)c1NC(=O)N(Cc1ccc(N)cc1)CC1(c2ccccn2)CCCCC1. The molecule has 2 aromatic carbocycles. The highest BCUT2D eigenvalue weighted by molar-refractivity contribution is 5.91. The number of nitrogens with one attached hydrogen (secondary N) is 1. The smallest absolute Gasteiger partial charge is 0.322 e. The van der Waals surface area contributed by atoms with E-state index in [0.29, 0.717) is 18.8 Å². The number of hydrogen-bond donors (Lipinski definition) is 3. The number of nitrogen functional groups attached to an aromatic ring is 1. The Morgan fingerprint density at radius 1 is 0.973 bits per heavy atom. The average molecular weight is 500 g/mol. The van der Waals surface area contributed by atoms with Crippen molar-refractivity contribution >= 4 is 17.4 Å². The summed E-state index contributed by atoms with van der Waals surface area (Å²) in [6.07, 6.45) is 7.40. The predicted molar refractivity (Wildman–Crippen MR) is 152 cm³/mol. The summed E-state index contributed by atoms with van der Waals surface area (Å²) in [5.41, 5.74) is 17.8. The van der Waals surface area contributed by atoms with Gasteiger partial charge in [-0.15, -0.1) is 0 Å². The standard InChI is InChI=1S/C31H41N5O/c1-22(2)26-10-9-11-27(23(3)32)29(26)35-30(37)36(20-24-13-15-25(33)16-14-24)21-31(17-6-4-7-18-31)28-12-5-8-19-34-28/h5,8-16,19,22-23H,4,6-7,17-18,20-21,32-33H2,1-3H3,(H,35,37). The van der Waals surface area contributed by atoms with E-state index in [-0.39, 0.29) is 23.4 Å². The lowest BCUT2D eigenvalue weighted by atomic mass is 9.71. The van der Waals surface area contributed by atoms with Gasteiger partial charge >= 0.3 is 6.03 Å². The van der Waals surface area contributed by atoms with Gasteiger partial charge in [0.2, 0.25) is 0 Å². The van der Waals surface area contributed by atoms with Crippen molar-refractivity contribution in [2.75, 3.05) is 17.6 Å². The van der Waals surface area contributed by atoms with Crippen LogP contribution in [0.4, 0.5) is 16.2 Å². The van der Waals surface area contributed by atoms with Crippen LogP contribution in [0.2, 0.25) is 0 Å². The monoisotopic (exact) mass is 499 g/mol. The largest absolute Gasteiger partial charge is 0.399 e. The molecule has 1 heterocycles. The molecule has 3 aromatic rings. The van der Waals surface area contributed by atoms with Gasteiger partial charge in [-0.2, -0.15) is 0 Å². The Morgan fingerprint density at radius 2 is 1.68 bits per heavy atom. The molecule has 1 aromatic heterocycles. The van der Waals surface area contributed by atoms with Crippen molar-refractivity contribution in [1.29, 1.82) is 0 Å². The second-order valence-corrected chi connectivity index (χ2v) is 10.8. The molecule has 0 aliphatic heterocycles. The molecule has 1 fully saturated rings. The number of urea groups is 1. The Kier molecular flexibility index (Phi) is 8.49. The zero-order valence-corrected chi connectivity index (χ0v) is 22.4. The van der Waals surface area contributed by atoms with Gasteiger partial charge in [-0.3, -0.25) is 4.98 Å². The van der Waals surface area contributed by atoms with Gasteiger partial charge in [0.15, 0.2) is 0 Å². The maximum absolute atomic E-state index is 14.1. The highest BCUT2D eigenvalue weighted by Gasteiger charge is 2.38. The van der Waals surface area contributed by atoms with Gasteiger partial charge in [-0.1, -0.05) is 69.5 Å². The fourth-order valence-electron chi connectivity index (χ4n) is 5.59. The maximum atomic E-state index is 14.1. The van der Waals surface area contributed by atoms with Crippen LogP contribution in [-0.4, -0.2) is 22.5 Å². The number of anilines is 2. The number of nitrogens with two attached hydrogens (primary N) is 2. The van der Waals surface area contributed by atoms with E-state index in [9.17, 15) is 4.79 Å². The summed E-state index contributed by atoms with van der Waals surface area (Å²) in [5, 5.41) is 3.29. The Balaban J connectivity index is 1.71.